The molecule has 0 bridgehead atoms. The van der Waals surface area contributed by atoms with Gasteiger partial charge in [0.05, 0.1) is 19.7 Å². The van der Waals surface area contributed by atoms with Crippen molar-refractivity contribution in [2.45, 2.75) is 31.5 Å². The Balaban J connectivity index is 1.59. The zero-order chi connectivity index (χ0) is 21.3. The summed E-state index contributed by atoms with van der Waals surface area (Å²) in [6.45, 7) is 0.473. The van der Waals surface area contributed by atoms with Crippen molar-refractivity contribution in [2.75, 3.05) is 30.0 Å². The highest BCUT2D eigenvalue weighted by Gasteiger charge is 2.62. The van der Waals surface area contributed by atoms with E-state index in [0.29, 0.717) is 6.07 Å². The van der Waals surface area contributed by atoms with Gasteiger partial charge in [-0.15, -0.1) is 0 Å². The summed E-state index contributed by atoms with van der Waals surface area (Å²) in [5.41, 5.74) is -1.31. The molecule has 0 radical (unpaired) electrons. The Morgan fingerprint density at radius 1 is 1.34 bits per heavy atom. The second kappa shape index (κ2) is 6.23. The predicted molar refractivity (Wildman–Crippen MR) is 88.2 cm³/mol. The number of hydrogen-bond donors (Lipinski definition) is 0. The van der Waals surface area contributed by atoms with Crippen LogP contribution in [0, 0.1) is 17.8 Å². The number of ether oxygens (including phenoxy) is 1. The van der Waals surface area contributed by atoms with Crippen molar-refractivity contribution in [1.29, 1.82) is 0 Å². The van der Waals surface area contributed by atoms with Crippen molar-refractivity contribution in [3.8, 4) is 0 Å². The number of methoxy groups -OCH3 is 1. The SMILES string of the molecule is COC(=O)CC1C2CN(c3cc(C(F)(F)F)nc(N4CC(F)(F)[C@H]4C)n3)C(=O)C12. The molecule has 1 aromatic rings. The third-order valence-electron chi connectivity index (χ3n) is 5.89. The average molecular weight is 420 g/mol. The summed E-state index contributed by atoms with van der Waals surface area (Å²) < 4.78 is 71.4. The fraction of sp³-hybridized carbons (Fsp3) is 0.647. The van der Waals surface area contributed by atoms with E-state index in [1.807, 2.05) is 0 Å². The number of amides is 1. The molecule has 2 saturated heterocycles. The Labute approximate surface area is 161 Å². The largest absolute Gasteiger partial charge is 0.469 e. The number of carbonyl (C=O) groups is 2. The molecule has 0 aromatic carbocycles. The number of rotatable bonds is 4. The molecule has 1 amide bonds. The molecule has 0 N–H and O–H groups in total. The predicted octanol–water partition coefficient (Wildman–Crippen LogP) is 2.11. The lowest BCUT2D eigenvalue weighted by Crippen LogP contribution is -2.64. The number of esters is 1. The average Bonchev–Trinajstić information content (AvgIpc) is 3.21. The van der Waals surface area contributed by atoms with Gasteiger partial charge >= 0.3 is 12.1 Å². The lowest BCUT2D eigenvalue weighted by molar-refractivity contribution is -0.142. The first-order valence-corrected chi connectivity index (χ1v) is 8.93. The quantitative estimate of drug-likeness (QED) is 0.549. The topological polar surface area (TPSA) is 75.6 Å². The Morgan fingerprint density at radius 2 is 2.03 bits per heavy atom. The zero-order valence-electron chi connectivity index (χ0n) is 15.4. The number of piperidine rings is 1. The van der Waals surface area contributed by atoms with Crippen LogP contribution in [-0.4, -0.2) is 54.0 Å². The molecule has 1 aromatic heterocycles. The maximum absolute atomic E-state index is 13.5. The van der Waals surface area contributed by atoms with Gasteiger partial charge in [-0.1, -0.05) is 0 Å². The lowest BCUT2D eigenvalue weighted by Gasteiger charge is -2.45. The van der Waals surface area contributed by atoms with Crippen LogP contribution >= 0.6 is 0 Å². The summed E-state index contributed by atoms with van der Waals surface area (Å²) >= 11 is 0. The fourth-order valence-electron chi connectivity index (χ4n) is 3.99. The maximum Gasteiger partial charge on any atom is 0.433 e. The smallest absolute Gasteiger partial charge is 0.433 e. The number of alkyl halides is 5. The first-order valence-electron chi connectivity index (χ1n) is 8.93. The Bertz CT molecular complexity index is 877. The van der Waals surface area contributed by atoms with Crippen molar-refractivity contribution >= 4 is 23.6 Å². The van der Waals surface area contributed by atoms with E-state index in [-0.39, 0.29) is 30.6 Å². The third-order valence-corrected chi connectivity index (χ3v) is 5.89. The van der Waals surface area contributed by atoms with Crippen LogP contribution < -0.4 is 9.80 Å². The zero-order valence-corrected chi connectivity index (χ0v) is 15.4. The van der Waals surface area contributed by atoms with E-state index in [1.54, 1.807) is 0 Å². The second-order valence-electron chi connectivity index (χ2n) is 7.56. The van der Waals surface area contributed by atoms with E-state index in [0.717, 1.165) is 9.80 Å². The van der Waals surface area contributed by atoms with Crippen LogP contribution in [0.3, 0.4) is 0 Å². The van der Waals surface area contributed by atoms with E-state index >= 15 is 0 Å². The van der Waals surface area contributed by atoms with E-state index < -0.39 is 54.1 Å². The Morgan fingerprint density at radius 3 is 2.52 bits per heavy atom. The summed E-state index contributed by atoms with van der Waals surface area (Å²) in [5, 5.41) is 0. The summed E-state index contributed by atoms with van der Waals surface area (Å²) in [5.74, 6) is -5.58. The minimum absolute atomic E-state index is 0.0641. The van der Waals surface area contributed by atoms with Gasteiger partial charge in [-0.3, -0.25) is 14.5 Å². The molecule has 4 atom stereocenters. The Kier molecular flexibility index (Phi) is 4.25. The highest BCUT2D eigenvalue weighted by molar-refractivity contribution is 6.00. The van der Waals surface area contributed by atoms with Crippen LogP contribution in [0.2, 0.25) is 0 Å². The van der Waals surface area contributed by atoms with E-state index in [2.05, 4.69) is 14.7 Å². The van der Waals surface area contributed by atoms with Crippen LogP contribution in [0.25, 0.3) is 0 Å². The monoisotopic (exact) mass is 420 g/mol. The molecule has 4 rings (SSSR count). The van der Waals surface area contributed by atoms with Crippen molar-refractivity contribution in [2.24, 2.45) is 17.8 Å². The second-order valence-corrected chi connectivity index (χ2v) is 7.56. The number of carbonyl (C=O) groups excluding carboxylic acids is 2. The Hall–Kier alpha value is -2.53. The van der Waals surface area contributed by atoms with Crippen LogP contribution in [0.1, 0.15) is 19.0 Å². The van der Waals surface area contributed by atoms with Gasteiger partial charge in [-0.2, -0.15) is 18.2 Å². The highest BCUT2D eigenvalue weighted by Crippen LogP contribution is 2.55. The van der Waals surface area contributed by atoms with Crippen LogP contribution in [0.4, 0.5) is 33.7 Å². The first kappa shape index (κ1) is 19.8. The van der Waals surface area contributed by atoms with E-state index in [1.165, 1.54) is 14.0 Å². The molecule has 29 heavy (non-hydrogen) atoms. The van der Waals surface area contributed by atoms with Crippen molar-refractivity contribution in [3.63, 3.8) is 0 Å². The maximum atomic E-state index is 13.5. The lowest BCUT2D eigenvalue weighted by atomic mass is 10.0. The minimum Gasteiger partial charge on any atom is -0.469 e. The fourth-order valence-corrected chi connectivity index (χ4v) is 3.99. The normalized spacial score (nSPS) is 30.1. The molecule has 12 heteroatoms. The van der Waals surface area contributed by atoms with Gasteiger partial charge in [-0.05, 0) is 18.8 Å². The van der Waals surface area contributed by atoms with E-state index in [4.69, 9.17) is 0 Å². The van der Waals surface area contributed by atoms with Crippen LogP contribution in [-0.2, 0) is 20.5 Å². The van der Waals surface area contributed by atoms with Gasteiger partial charge in [0.1, 0.15) is 5.82 Å². The van der Waals surface area contributed by atoms with Gasteiger partial charge < -0.3 is 9.64 Å². The molecule has 3 aliphatic rings. The molecule has 2 aliphatic heterocycles. The number of nitrogens with zero attached hydrogens (tertiary/aromatic N) is 4. The summed E-state index contributed by atoms with van der Waals surface area (Å²) in [4.78, 5) is 33.4. The molecule has 3 unspecified atom stereocenters. The summed E-state index contributed by atoms with van der Waals surface area (Å²) in [6, 6.07) is -0.713. The standard InChI is InChI=1S/C17H17F5N4O3/c1-7-16(18,19)6-26(7)15-23-10(17(20,21)22)4-11(24-15)25-5-9-8(3-12(27)29-2)13(9)14(25)28/h4,7-9,13H,3,5-6H2,1-2H3/t7-,8?,9?,13?/m1/s1. The molecule has 158 valence electrons. The molecular formula is C17H17F5N4O3. The number of halogens is 5. The van der Waals surface area contributed by atoms with Crippen LogP contribution in [0.5, 0.6) is 0 Å². The summed E-state index contributed by atoms with van der Waals surface area (Å²) in [6.07, 6.45) is -4.77. The van der Waals surface area contributed by atoms with Crippen molar-refractivity contribution in [1.82, 2.24) is 9.97 Å². The van der Waals surface area contributed by atoms with Gasteiger partial charge in [0, 0.05) is 24.9 Å². The van der Waals surface area contributed by atoms with Crippen LogP contribution in [0.15, 0.2) is 6.07 Å². The molecule has 1 saturated carbocycles. The highest BCUT2D eigenvalue weighted by atomic mass is 19.4. The molecular weight excluding hydrogens is 403 g/mol. The molecule has 3 heterocycles. The molecule has 7 nitrogen and oxygen atoms in total. The molecule has 1 aliphatic carbocycles. The molecule has 0 spiro atoms. The van der Waals surface area contributed by atoms with Gasteiger partial charge in [0.15, 0.2) is 5.69 Å². The third kappa shape index (κ3) is 3.18. The minimum atomic E-state index is -4.83. The van der Waals surface area contributed by atoms with Gasteiger partial charge in [-0.25, -0.2) is 13.8 Å². The van der Waals surface area contributed by atoms with Crippen molar-refractivity contribution in [3.05, 3.63) is 11.8 Å². The van der Waals surface area contributed by atoms with Gasteiger partial charge in [0.25, 0.3) is 5.92 Å². The number of hydrogen-bond acceptors (Lipinski definition) is 6. The summed E-state index contributed by atoms with van der Waals surface area (Å²) in [7, 11) is 1.23. The first-order chi connectivity index (χ1) is 13.4. The number of anilines is 2. The molecule has 3 fully saturated rings. The number of aromatic nitrogens is 2. The number of fused-ring (bicyclic) bond motifs is 1. The van der Waals surface area contributed by atoms with Crippen molar-refractivity contribution < 1.29 is 36.3 Å². The van der Waals surface area contributed by atoms with E-state index in [9.17, 15) is 31.5 Å². The van der Waals surface area contributed by atoms with Gasteiger partial charge in [0.2, 0.25) is 11.9 Å².